The van der Waals surface area contributed by atoms with E-state index in [0.717, 1.165) is 35.7 Å². The minimum atomic E-state index is -1.02. The zero-order valence-corrected chi connectivity index (χ0v) is 16.3. The molecule has 2 N–H and O–H groups in total. The largest absolute Gasteiger partial charge is 0.478 e. The molecule has 0 saturated heterocycles. The molecule has 4 nitrogen and oxygen atoms in total. The maximum Gasteiger partial charge on any atom is 0.339 e. The summed E-state index contributed by atoms with van der Waals surface area (Å²) in [6.07, 6.45) is 3.97. The summed E-state index contributed by atoms with van der Waals surface area (Å²) in [4.78, 5) is 24.4. The Hall–Kier alpha value is -1.66. The van der Waals surface area contributed by atoms with Gasteiger partial charge in [-0.15, -0.1) is 11.3 Å². The molecule has 6 heteroatoms. The van der Waals surface area contributed by atoms with Crippen LogP contribution in [0.2, 0.25) is 0 Å². The van der Waals surface area contributed by atoms with Gasteiger partial charge in [0.2, 0.25) is 5.91 Å². The van der Waals surface area contributed by atoms with E-state index in [1.165, 1.54) is 11.3 Å². The van der Waals surface area contributed by atoms with Crippen molar-refractivity contribution in [1.82, 2.24) is 0 Å². The van der Waals surface area contributed by atoms with Crippen molar-refractivity contribution in [1.29, 1.82) is 0 Å². The fourth-order valence-corrected chi connectivity index (χ4v) is 4.62. The second kappa shape index (κ2) is 7.70. The Labute approximate surface area is 159 Å². The average molecular weight is 422 g/mol. The zero-order valence-electron chi connectivity index (χ0n) is 13.9. The first kappa shape index (κ1) is 18.1. The molecular weight excluding hydrogens is 402 g/mol. The summed E-state index contributed by atoms with van der Waals surface area (Å²) in [5, 5.41) is 14.8. The van der Waals surface area contributed by atoms with Gasteiger partial charge in [-0.2, -0.15) is 0 Å². The van der Waals surface area contributed by atoms with Crippen LogP contribution in [0, 0.1) is 11.8 Å². The van der Waals surface area contributed by atoms with E-state index >= 15 is 0 Å². The Balaban J connectivity index is 1.85. The van der Waals surface area contributed by atoms with Crippen LogP contribution in [0.5, 0.6) is 0 Å². The van der Waals surface area contributed by atoms with Crippen LogP contribution < -0.4 is 5.32 Å². The number of hydrogen-bond acceptors (Lipinski definition) is 3. The van der Waals surface area contributed by atoms with E-state index < -0.39 is 5.97 Å². The Bertz CT molecular complexity index is 784. The number of carbonyl (C=O) groups excluding carboxylic acids is 1. The van der Waals surface area contributed by atoms with E-state index in [9.17, 15) is 14.7 Å². The fourth-order valence-electron chi connectivity index (χ4n) is 3.39. The molecule has 0 bridgehead atoms. The van der Waals surface area contributed by atoms with Crippen molar-refractivity contribution >= 4 is 44.1 Å². The number of benzene rings is 1. The number of carboxylic acid groups (broad SMARTS) is 1. The molecule has 0 aliphatic heterocycles. The third-order valence-corrected chi connectivity index (χ3v) is 6.13. The van der Waals surface area contributed by atoms with Crippen LogP contribution in [0.1, 0.15) is 43.0 Å². The van der Waals surface area contributed by atoms with Crippen LogP contribution in [-0.2, 0) is 4.79 Å². The number of amides is 1. The molecule has 2 atom stereocenters. The Morgan fingerprint density at radius 1 is 1.24 bits per heavy atom. The van der Waals surface area contributed by atoms with Gasteiger partial charge in [0, 0.05) is 21.3 Å². The van der Waals surface area contributed by atoms with Crippen LogP contribution >= 0.6 is 27.3 Å². The number of aromatic carboxylic acids is 1. The normalized spacial score (nSPS) is 20.2. The molecular formula is C19H20BrNO3S. The quantitative estimate of drug-likeness (QED) is 0.670. The first-order valence-electron chi connectivity index (χ1n) is 8.37. The van der Waals surface area contributed by atoms with Crippen LogP contribution in [0.4, 0.5) is 5.00 Å². The van der Waals surface area contributed by atoms with Gasteiger partial charge in [-0.1, -0.05) is 47.8 Å². The highest BCUT2D eigenvalue weighted by molar-refractivity contribution is 9.10. The van der Waals surface area contributed by atoms with Crippen molar-refractivity contribution in [2.75, 3.05) is 5.32 Å². The summed E-state index contributed by atoms with van der Waals surface area (Å²) in [6.45, 7) is 2.17. The molecule has 0 radical (unpaired) electrons. The summed E-state index contributed by atoms with van der Waals surface area (Å²) in [6, 6.07) is 7.49. The number of thiophene rings is 1. The van der Waals surface area contributed by atoms with E-state index in [4.69, 9.17) is 0 Å². The molecule has 3 rings (SSSR count). The van der Waals surface area contributed by atoms with Gasteiger partial charge < -0.3 is 10.4 Å². The van der Waals surface area contributed by atoms with Crippen LogP contribution in [0.15, 0.2) is 34.1 Å². The topological polar surface area (TPSA) is 66.4 Å². The number of carboxylic acids is 1. The maximum atomic E-state index is 12.6. The molecule has 1 aliphatic carbocycles. The standard InChI is InChI=1S/C19H20BrNO3S/c1-11-3-2-4-13(9-11)17(22)21-18-16(19(23)24)15(10-25-18)12-5-7-14(20)8-6-12/h5-8,10-11,13H,2-4,9H2,1H3,(H,21,22)(H,23,24). The average Bonchev–Trinajstić information content (AvgIpc) is 2.99. The number of hydrogen-bond donors (Lipinski definition) is 2. The maximum absolute atomic E-state index is 12.6. The highest BCUT2D eigenvalue weighted by atomic mass is 79.9. The van der Waals surface area contributed by atoms with Gasteiger partial charge in [0.15, 0.2) is 0 Å². The van der Waals surface area contributed by atoms with Gasteiger partial charge in [-0.05, 0) is 36.5 Å². The molecule has 1 fully saturated rings. The number of halogens is 1. The third kappa shape index (κ3) is 4.12. The van der Waals surface area contributed by atoms with Gasteiger partial charge >= 0.3 is 5.97 Å². The Kier molecular flexibility index (Phi) is 5.59. The van der Waals surface area contributed by atoms with Crippen LogP contribution in [0.3, 0.4) is 0 Å². The molecule has 1 amide bonds. The summed E-state index contributed by atoms with van der Waals surface area (Å²) in [7, 11) is 0. The van der Waals surface area contributed by atoms with Gasteiger partial charge in [0.05, 0.1) is 0 Å². The SMILES string of the molecule is CC1CCCC(C(=O)Nc2scc(-c3ccc(Br)cc3)c2C(=O)O)C1. The summed E-state index contributed by atoms with van der Waals surface area (Å²) < 4.78 is 0.934. The first-order valence-corrected chi connectivity index (χ1v) is 10.0. The van der Waals surface area contributed by atoms with E-state index in [0.29, 0.717) is 16.5 Å². The number of nitrogens with one attached hydrogen (secondary N) is 1. The van der Waals surface area contributed by atoms with Crippen LogP contribution in [-0.4, -0.2) is 17.0 Å². The third-order valence-electron chi connectivity index (χ3n) is 4.70. The van der Waals surface area contributed by atoms with Gasteiger partial charge in [-0.25, -0.2) is 4.79 Å². The lowest BCUT2D eigenvalue weighted by Crippen LogP contribution is -2.27. The van der Waals surface area contributed by atoms with E-state index in [1.54, 1.807) is 5.38 Å². The molecule has 1 aromatic carbocycles. The fraction of sp³-hybridized carbons (Fsp3) is 0.368. The minimum absolute atomic E-state index is 0.0244. The second-order valence-corrected chi connectivity index (χ2v) is 8.42. The lowest BCUT2D eigenvalue weighted by Gasteiger charge is -2.25. The van der Waals surface area contributed by atoms with Gasteiger partial charge in [-0.3, -0.25) is 4.79 Å². The molecule has 25 heavy (non-hydrogen) atoms. The van der Waals surface area contributed by atoms with Crippen molar-refractivity contribution in [3.8, 4) is 11.1 Å². The molecule has 2 unspecified atom stereocenters. The van der Waals surface area contributed by atoms with Crippen molar-refractivity contribution in [3.63, 3.8) is 0 Å². The zero-order chi connectivity index (χ0) is 18.0. The van der Waals surface area contributed by atoms with Crippen molar-refractivity contribution in [3.05, 3.63) is 39.7 Å². The molecule has 1 aliphatic rings. The van der Waals surface area contributed by atoms with Crippen molar-refractivity contribution < 1.29 is 14.7 Å². The number of anilines is 1. The van der Waals surface area contributed by atoms with Gasteiger partial charge in [0.25, 0.3) is 0 Å². The molecule has 1 aromatic heterocycles. The lowest BCUT2D eigenvalue weighted by atomic mass is 9.82. The monoisotopic (exact) mass is 421 g/mol. The minimum Gasteiger partial charge on any atom is -0.478 e. The highest BCUT2D eigenvalue weighted by Gasteiger charge is 2.27. The number of carbonyl (C=O) groups is 2. The summed E-state index contributed by atoms with van der Waals surface area (Å²) in [5.41, 5.74) is 1.63. The number of rotatable bonds is 4. The predicted molar refractivity (Wildman–Crippen MR) is 104 cm³/mol. The van der Waals surface area contributed by atoms with E-state index in [-0.39, 0.29) is 17.4 Å². The second-order valence-electron chi connectivity index (χ2n) is 6.62. The molecule has 1 heterocycles. The molecule has 0 spiro atoms. The first-order chi connectivity index (χ1) is 12.0. The summed E-state index contributed by atoms with van der Waals surface area (Å²) >= 11 is 4.65. The smallest absolute Gasteiger partial charge is 0.339 e. The van der Waals surface area contributed by atoms with Gasteiger partial charge in [0.1, 0.15) is 10.6 Å². The van der Waals surface area contributed by atoms with E-state index in [2.05, 4.69) is 28.2 Å². The van der Waals surface area contributed by atoms with Crippen molar-refractivity contribution in [2.45, 2.75) is 32.6 Å². The lowest BCUT2D eigenvalue weighted by molar-refractivity contribution is -0.121. The predicted octanol–water partition coefficient (Wildman–Crippen LogP) is 5.64. The highest BCUT2D eigenvalue weighted by Crippen LogP contribution is 2.37. The Morgan fingerprint density at radius 2 is 1.96 bits per heavy atom. The van der Waals surface area contributed by atoms with Crippen LogP contribution in [0.25, 0.3) is 11.1 Å². The molecule has 1 saturated carbocycles. The summed E-state index contributed by atoms with van der Waals surface area (Å²) in [5.74, 6) is -0.557. The molecule has 132 valence electrons. The Morgan fingerprint density at radius 3 is 2.60 bits per heavy atom. The van der Waals surface area contributed by atoms with E-state index in [1.807, 2.05) is 24.3 Å². The van der Waals surface area contributed by atoms with Crippen molar-refractivity contribution in [2.24, 2.45) is 11.8 Å². The molecule has 2 aromatic rings.